The van der Waals surface area contributed by atoms with Gasteiger partial charge >= 0.3 is 0 Å². The fraction of sp³-hybridized carbons (Fsp3) is 0.200. The first kappa shape index (κ1) is 10.4. The average molecular weight is 226 g/mol. The van der Waals surface area contributed by atoms with Crippen LogP contribution in [-0.2, 0) is 4.74 Å². The van der Waals surface area contributed by atoms with E-state index in [0.717, 1.165) is 12.4 Å². The van der Waals surface area contributed by atoms with Crippen LogP contribution in [0.1, 0.15) is 11.7 Å². The maximum Gasteiger partial charge on any atom is 0.119 e. The van der Waals surface area contributed by atoms with Gasteiger partial charge in [-0.1, -0.05) is 36.4 Å². The van der Waals surface area contributed by atoms with Gasteiger partial charge in [-0.2, -0.15) is 0 Å². The van der Waals surface area contributed by atoms with Gasteiger partial charge in [0.05, 0.1) is 13.7 Å². The molecule has 0 radical (unpaired) electrons. The summed E-state index contributed by atoms with van der Waals surface area (Å²) in [4.78, 5) is 0. The molecular weight excluding hydrogens is 212 g/mol. The lowest BCUT2D eigenvalue weighted by atomic mass is 9.97. The van der Waals surface area contributed by atoms with Crippen LogP contribution in [0.25, 0.3) is 11.1 Å². The van der Waals surface area contributed by atoms with Gasteiger partial charge in [0.25, 0.3) is 0 Å². The van der Waals surface area contributed by atoms with E-state index in [2.05, 4.69) is 36.4 Å². The lowest BCUT2D eigenvalue weighted by molar-refractivity contribution is 0.405. The van der Waals surface area contributed by atoms with Crippen molar-refractivity contribution in [1.82, 2.24) is 0 Å². The monoisotopic (exact) mass is 226 g/mol. The molecule has 0 N–H and O–H groups in total. The third-order valence-corrected chi connectivity index (χ3v) is 3.02. The molecule has 3 rings (SSSR count). The Morgan fingerprint density at radius 1 is 1.12 bits per heavy atom. The highest BCUT2D eigenvalue weighted by atomic mass is 16.6. The van der Waals surface area contributed by atoms with E-state index in [1.807, 2.05) is 12.1 Å². The normalized spacial score (nSPS) is 17.8. The quantitative estimate of drug-likeness (QED) is 0.748. The zero-order valence-electron chi connectivity index (χ0n) is 9.72. The zero-order valence-corrected chi connectivity index (χ0v) is 9.72. The highest BCUT2D eigenvalue weighted by Gasteiger charge is 2.28. The summed E-state index contributed by atoms with van der Waals surface area (Å²) in [6, 6.07) is 16.5. The van der Waals surface area contributed by atoms with Gasteiger partial charge in [0.1, 0.15) is 11.9 Å². The van der Waals surface area contributed by atoms with Crippen LogP contribution in [0.5, 0.6) is 5.75 Å². The van der Waals surface area contributed by atoms with Crippen LogP contribution in [0.15, 0.2) is 48.5 Å². The Hall–Kier alpha value is -1.80. The van der Waals surface area contributed by atoms with E-state index >= 15 is 0 Å². The number of hydrogen-bond donors (Lipinski definition) is 0. The molecule has 2 heteroatoms. The standard InChI is InChI=1S/C15H14O2/c1-16-12-7-8-13(11-5-3-2-4-6-11)14(9-12)15-10-17-15/h2-9,15H,10H2,1H3. The van der Waals surface area contributed by atoms with E-state index in [-0.39, 0.29) is 6.10 Å². The molecule has 1 unspecified atom stereocenters. The molecular formula is C15H14O2. The van der Waals surface area contributed by atoms with Gasteiger partial charge in [-0.25, -0.2) is 0 Å². The molecule has 0 saturated carbocycles. The van der Waals surface area contributed by atoms with Crippen LogP contribution in [0.2, 0.25) is 0 Å². The first-order valence-corrected chi connectivity index (χ1v) is 5.73. The van der Waals surface area contributed by atoms with Crippen LogP contribution in [-0.4, -0.2) is 13.7 Å². The summed E-state index contributed by atoms with van der Waals surface area (Å²) in [5.41, 5.74) is 3.67. The number of methoxy groups -OCH3 is 1. The van der Waals surface area contributed by atoms with Crippen LogP contribution in [0.4, 0.5) is 0 Å². The van der Waals surface area contributed by atoms with Crippen molar-refractivity contribution in [2.24, 2.45) is 0 Å². The van der Waals surface area contributed by atoms with Crippen molar-refractivity contribution >= 4 is 0 Å². The first-order chi connectivity index (χ1) is 8.38. The summed E-state index contributed by atoms with van der Waals surface area (Å²) in [6.45, 7) is 0.813. The fourth-order valence-electron chi connectivity index (χ4n) is 2.04. The molecule has 86 valence electrons. The second-order valence-corrected chi connectivity index (χ2v) is 4.14. The minimum Gasteiger partial charge on any atom is -0.497 e. The Kier molecular flexibility index (Phi) is 2.57. The van der Waals surface area contributed by atoms with E-state index in [0.29, 0.717) is 0 Å². The van der Waals surface area contributed by atoms with Crippen LogP contribution in [0, 0.1) is 0 Å². The van der Waals surface area contributed by atoms with Gasteiger partial charge in [0.15, 0.2) is 0 Å². The van der Waals surface area contributed by atoms with Gasteiger partial charge in [-0.15, -0.1) is 0 Å². The minimum atomic E-state index is 0.236. The van der Waals surface area contributed by atoms with E-state index < -0.39 is 0 Å². The van der Waals surface area contributed by atoms with E-state index in [1.165, 1.54) is 16.7 Å². The number of ether oxygens (including phenoxy) is 2. The Balaban J connectivity index is 2.09. The van der Waals surface area contributed by atoms with E-state index in [9.17, 15) is 0 Å². The number of epoxide rings is 1. The molecule has 0 aliphatic carbocycles. The maximum atomic E-state index is 5.40. The molecule has 0 bridgehead atoms. The summed E-state index contributed by atoms with van der Waals surface area (Å²) in [7, 11) is 1.69. The molecule has 17 heavy (non-hydrogen) atoms. The highest BCUT2D eigenvalue weighted by molar-refractivity contribution is 5.69. The van der Waals surface area contributed by atoms with Crippen molar-refractivity contribution in [2.75, 3.05) is 13.7 Å². The molecule has 2 aromatic carbocycles. The Morgan fingerprint density at radius 3 is 2.53 bits per heavy atom. The molecule has 1 aliphatic rings. The summed E-state index contributed by atoms with van der Waals surface area (Å²) in [5.74, 6) is 0.884. The van der Waals surface area contributed by atoms with Gasteiger partial charge in [0, 0.05) is 0 Å². The summed E-state index contributed by atoms with van der Waals surface area (Å²) >= 11 is 0. The van der Waals surface area contributed by atoms with E-state index in [1.54, 1.807) is 7.11 Å². The molecule has 2 nitrogen and oxygen atoms in total. The minimum absolute atomic E-state index is 0.236. The largest absolute Gasteiger partial charge is 0.497 e. The van der Waals surface area contributed by atoms with Crippen molar-refractivity contribution in [2.45, 2.75) is 6.10 Å². The van der Waals surface area contributed by atoms with Crippen molar-refractivity contribution in [3.05, 3.63) is 54.1 Å². The highest BCUT2D eigenvalue weighted by Crippen LogP contribution is 2.38. The van der Waals surface area contributed by atoms with Crippen molar-refractivity contribution in [3.8, 4) is 16.9 Å². The smallest absolute Gasteiger partial charge is 0.119 e. The fourth-order valence-corrected chi connectivity index (χ4v) is 2.04. The second kappa shape index (κ2) is 4.22. The molecule has 0 aromatic heterocycles. The Labute approximate surface area is 101 Å². The molecule has 1 aliphatic heterocycles. The van der Waals surface area contributed by atoms with Crippen LogP contribution in [0.3, 0.4) is 0 Å². The number of hydrogen-bond acceptors (Lipinski definition) is 2. The van der Waals surface area contributed by atoms with Gasteiger partial charge in [-0.3, -0.25) is 0 Å². The summed E-state index contributed by atoms with van der Waals surface area (Å²) < 4.78 is 10.7. The van der Waals surface area contributed by atoms with Crippen LogP contribution >= 0.6 is 0 Å². The SMILES string of the molecule is COc1ccc(-c2ccccc2)c(C2CO2)c1. The number of benzene rings is 2. The molecule has 1 fully saturated rings. The average Bonchev–Trinajstić information content (AvgIpc) is 3.23. The lowest BCUT2D eigenvalue weighted by Gasteiger charge is -2.09. The molecule has 2 aromatic rings. The van der Waals surface area contributed by atoms with Crippen LogP contribution < -0.4 is 4.74 Å². The van der Waals surface area contributed by atoms with Crippen molar-refractivity contribution in [1.29, 1.82) is 0 Å². The topological polar surface area (TPSA) is 21.8 Å². The molecule has 1 atom stereocenters. The van der Waals surface area contributed by atoms with Crippen molar-refractivity contribution in [3.63, 3.8) is 0 Å². The third kappa shape index (κ3) is 2.04. The summed E-state index contributed by atoms with van der Waals surface area (Å²) in [6.07, 6.45) is 0.236. The molecule has 0 spiro atoms. The Bertz CT molecular complexity index is 516. The first-order valence-electron chi connectivity index (χ1n) is 5.73. The zero-order chi connectivity index (χ0) is 11.7. The Morgan fingerprint density at radius 2 is 1.88 bits per heavy atom. The third-order valence-electron chi connectivity index (χ3n) is 3.02. The summed E-state index contributed by atoms with van der Waals surface area (Å²) in [5, 5.41) is 0. The lowest BCUT2D eigenvalue weighted by Crippen LogP contribution is -1.91. The predicted molar refractivity (Wildman–Crippen MR) is 67.1 cm³/mol. The predicted octanol–water partition coefficient (Wildman–Crippen LogP) is 3.43. The molecule has 0 amide bonds. The number of rotatable bonds is 3. The van der Waals surface area contributed by atoms with Gasteiger partial charge < -0.3 is 9.47 Å². The maximum absolute atomic E-state index is 5.40. The van der Waals surface area contributed by atoms with Gasteiger partial charge in [-0.05, 0) is 28.8 Å². The molecule has 1 heterocycles. The van der Waals surface area contributed by atoms with Gasteiger partial charge in [0.2, 0.25) is 0 Å². The van der Waals surface area contributed by atoms with Crippen molar-refractivity contribution < 1.29 is 9.47 Å². The molecule has 1 saturated heterocycles. The second-order valence-electron chi connectivity index (χ2n) is 4.14. The van der Waals surface area contributed by atoms with E-state index in [4.69, 9.17) is 9.47 Å².